The van der Waals surface area contributed by atoms with Gasteiger partial charge in [-0.3, -0.25) is 0 Å². The summed E-state index contributed by atoms with van der Waals surface area (Å²) >= 11 is 0. The van der Waals surface area contributed by atoms with E-state index in [1.165, 1.54) is 38.5 Å². The maximum Gasteiger partial charge on any atom is 0.117 e. The normalized spacial score (nSPS) is 25.2. The highest BCUT2D eigenvalue weighted by Crippen LogP contribution is 2.27. The predicted molar refractivity (Wildman–Crippen MR) is 72.4 cm³/mol. The van der Waals surface area contributed by atoms with E-state index in [0.717, 1.165) is 11.6 Å². The first-order valence-corrected chi connectivity index (χ1v) is 6.83. The van der Waals surface area contributed by atoms with Gasteiger partial charge in [0.25, 0.3) is 0 Å². The summed E-state index contributed by atoms with van der Waals surface area (Å²) in [5.74, 6) is 1.26. The molecule has 0 radical (unpaired) electrons. The Morgan fingerprint density at radius 1 is 1.24 bits per heavy atom. The van der Waals surface area contributed by atoms with Crippen molar-refractivity contribution >= 4 is 5.69 Å². The van der Waals surface area contributed by atoms with Gasteiger partial charge in [-0.05, 0) is 37.3 Å². The molecule has 0 bridgehead atoms. The summed E-state index contributed by atoms with van der Waals surface area (Å²) in [7, 11) is 0. The second-order valence-corrected chi connectivity index (χ2v) is 5.17. The van der Waals surface area contributed by atoms with Crippen LogP contribution in [0.25, 0.3) is 0 Å². The van der Waals surface area contributed by atoms with E-state index in [9.17, 15) is 5.11 Å². The molecule has 1 aromatic carbocycles. The zero-order valence-electron chi connectivity index (χ0n) is 10.7. The van der Waals surface area contributed by atoms with Crippen LogP contribution in [-0.4, -0.2) is 11.1 Å². The van der Waals surface area contributed by atoms with Crippen LogP contribution in [0.5, 0.6) is 5.75 Å². The summed E-state index contributed by atoms with van der Waals surface area (Å²) in [5.41, 5.74) is 1.05. The second-order valence-electron chi connectivity index (χ2n) is 5.17. The van der Waals surface area contributed by atoms with Crippen LogP contribution in [0.3, 0.4) is 0 Å². The summed E-state index contributed by atoms with van der Waals surface area (Å²) < 4.78 is 0. The van der Waals surface area contributed by atoms with E-state index >= 15 is 0 Å². The van der Waals surface area contributed by atoms with Crippen LogP contribution in [0.15, 0.2) is 24.3 Å². The molecule has 1 aliphatic carbocycles. The Morgan fingerprint density at radius 3 is 2.88 bits per heavy atom. The van der Waals surface area contributed by atoms with Gasteiger partial charge in [0, 0.05) is 17.8 Å². The van der Waals surface area contributed by atoms with Gasteiger partial charge in [-0.25, -0.2) is 0 Å². The Hall–Kier alpha value is -1.18. The lowest BCUT2D eigenvalue weighted by Crippen LogP contribution is -2.18. The molecule has 0 spiro atoms. The number of hydrogen-bond donors (Lipinski definition) is 2. The molecule has 0 saturated heterocycles. The molecular weight excluding hydrogens is 210 g/mol. The number of hydrogen-bond acceptors (Lipinski definition) is 2. The Kier molecular flexibility index (Phi) is 4.29. The monoisotopic (exact) mass is 233 g/mol. The van der Waals surface area contributed by atoms with E-state index in [0.29, 0.717) is 11.8 Å². The zero-order chi connectivity index (χ0) is 12.1. The van der Waals surface area contributed by atoms with E-state index in [1.807, 2.05) is 18.2 Å². The maximum atomic E-state index is 9.44. The summed E-state index contributed by atoms with van der Waals surface area (Å²) in [5, 5.41) is 13.0. The average Bonchev–Trinajstić information content (AvgIpc) is 2.54. The van der Waals surface area contributed by atoms with E-state index in [2.05, 4.69) is 12.2 Å². The summed E-state index contributed by atoms with van der Waals surface area (Å²) in [6.07, 6.45) is 7.88. The van der Waals surface area contributed by atoms with Crippen LogP contribution in [0.1, 0.15) is 45.4 Å². The Bertz CT molecular complexity index is 351. The molecule has 2 atom stereocenters. The van der Waals surface area contributed by atoms with E-state index < -0.39 is 0 Å². The number of phenols is 1. The summed E-state index contributed by atoms with van der Waals surface area (Å²) in [6, 6.07) is 8.02. The smallest absolute Gasteiger partial charge is 0.117 e. The maximum absolute atomic E-state index is 9.44. The SMILES string of the molecule is CCC1CCCC(Nc2cccc(O)c2)CC1. The highest BCUT2D eigenvalue weighted by Gasteiger charge is 2.17. The molecule has 0 aliphatic heterocycles. The molecule has 17 heavy (non-hydrogen) atoms. The van der Waals surface area contributed by atoms with Gasteiger partial charge in [-0.2, -0.15) is 0 Å². The molecule has 2 nitrogen and oxygen atoms in total. The largest absolute Gasteiger partial charge is 0.508 e. The van der Waals surface area contributed by atoms with Crippen molar-refractivity contribution < 1.29 is 5.11 Å². The number of aromatic hydroxyl groups is 1. The van der Waals surface area contributed by atoms with Crippen molar-refractivity contribution in [1.82, 2.24) is 0 Å². The second kappa shape index (κ2) is 5.95. The molecule has 0 aromatic heterocycles. The van der Waals surface area contributed by atoms with Crippen molar-refractivity contribution in [2.75, 3.05) is 5.32 Å². The van der Waals surface area contributed by atoms with Gasteiger partial charge in [0.1, 0.15) is 5.75 Å². The molecule has 0 amide bonds. The molecule has 2 heteroatoms. The molecular formula is C15H23NO. The number of anilines is 1. The average molecular weight is 233 g/mol. The molecule has 1 saturated carbocycles. The van der Waals surface area contributed by atoms with Crippen molar-refractivity contribution in [3.05, 3.63) is 24.3 Å². The molecule has 1 aromatic rings. The third-order valence-electron chi connectivity index (χ3n) is 3.88. The minimum atomic E-state index is 0.343. The minimum absolute atomic E-state index is 0.343. The fraction of sp³-hybridized carbons (Fsp3) is 0.600. The van der Waals surface area contributed by atoms with Crippen LogP contribution in [0.4, 0.5) is 5.69 Å². The zero-order valence-corrected chi connectivity index (χ0v) is 10.7. The van der Waals surface area contributed by atoms with Crippen LogP contribution in [0.2, 0.25) is 0 Å². The fourth-order valence-electron chi connectivity index (χ4n) is 2.76. The van der Waals surface area contributed by atoms with E-state index in [1.54, 1.807) is 6.07 Å². The molecule has 2 N–H and O–H groups in total. The first kappa shape index (κ1) is 12.3. The lowest BCUT2D eigenvalue weighted by atomic mass is 9.98. The first-order chi connectivity index (χ1) is 8.28. The van der Waals surface area contributed by atoms with Crippen molar-refractivity contribution in [1.29, 1.82) is 0 Å². The van der Waals surface area contributed by atoms with Crippen LogP contribution >= 0.6 is 0 Å². The number of phenolic OH excluding ortho intramolecular Hbond substituents is 1. The van der Waals surface area contributed by atoms with Crippen molar-refractivity contribution in [2.24, 2.45) is 5.92 Å². The molecule has 94 valence electrons. The van der Waals surface area contributed by atoms with Gasteiger partial charge in [-0.1, -0.05) is 32.3 Å². The van der Waals surface area contributed by atoms with Gasteiger partial charge in [-0.15, -0.1) is 0 Å². The molecule has 2 rings (SSSR count). The molecule has 1 fully saturated rings. The van der Waals surface area contributed by atoms with Gasteiger partial charge >= 0.3 is 0 Å². The Labute approximate surface area is 104 Å². The Balaban J connectivity index is 1.90. The predicted octanol–water partition coefficient (Wildman–Crippen LogP) is 4.16. The van der Waals surface area contributed by atoms with Crippen molar-refractivity contribution in [2.45, 2.75) is 51.5 Å². The molecule has 1 aliphatic rings. The van der Waals surface area contributed by atoms with E-state index in [4.69, 9.17) is 0 Å². The van der Waals surface area contributed by atoms with Crippen LogP contribution < -0.4 is 5.32 Å². The van der Waals surface area contributed by atoms with E-state index in [-0.39, 0.29) is 0 Å². The van der Waals surface area contributed by atoms with Crippen LogP contribution in [-0.2, 0) is 0 Å². The van der Waals surface area contributed by atoms with Gasteiger partial charge in [0.15, 0.2) is 0 Å². The van der Waals surface area contributed by atoms with Gasteiger partial charge in [0.2, 0.25) is 0 Å². The quantitative estimate of drug-likeness (QED) is 0.768. The summed E-state index contributed by atoms with van der Waals surface area (Å²) in [6.45, 7) is 2.30. The highest BCUT2D eigenvalue weighted by atomic mass is 16.3. The third kappa shape index (κ3) is 3.65. The first-order valence-electron chi connectivity index (χ1n) is 6.83. The third-order valence-corrected chi connectivity index (χ3v) is 3.88. The van der Waals surface area contributed by atoms with Crippen LogP contribution in [0, 0.1) is 5.92 Å². The summed E-state index contributed by atoms with van der Waals surface area (Å²) in [4.78, 5) is 0. The lowest BCUT2D eigenvalue weighted by Gasteiger charge is -2.18. The fourth-order valence-corrected chi connectivity index (χ4v) is 2.76. The molecule has 0 heterocycles. The number of rotatable bonds is 3. The van der Waals surface area contributed by atoms with Gasteiger partial charge < -0.3 is 10.4 Å². The number of benzene rings is 1. The van der Waals surface area contributed by atoms with Crippen molar-refractivity contribution in [3.63, 3.8) is 0 Å². The molecule has 2 unspecified atom stereocenters. The lowest BCUT2D eigenvalue weighted by molar-refractivity contribution is 0.444. The number of nitrogens with one attached hydrogen (secondary N) is 1. The highest BCUT2D eigenvalue weighted by molar-refractivity contribution is 5.48. The topological polar surface area (TPSA) is 32.3 Å². The van der Waals surface area contributed by atoms with Crippen molar-refractivity contribution in [3.8, 4) is 5.75 Å². The minimum Gasteiger partial charge on any atom is -0.508 e. The van der Waals surface area contributed by atoms with Gasteiger partial charge in [0.05, 0.1) is 0 Å². The standard InChI is InChI=1S/C15H23NO/c1-2-12-5-3-6-13(10-9-12)16-14-7-4-8-15(17)11-14/h4,7-8,11-13,16-17H,2-3,5-6,9-10H2,1H3. The Morgan fingerprint density at radius 2 is 2.12 bits per heavy atom.